The normalized spacial score (nSPS) is 13.8. The molecule has 4 atom stereocenters. The lowest BCUT2D eigenvalue weighted by molar-refractivity contribution is -0.142. The smallest absolute Gasteiger partial charge is 0.326 e. The second-order valence-electron chi connectivity index (χ2n) is 8.83. The molecular weight excluding hydrogens is 542 g/mol. The topological polar surface area (TPSA) is 215 Å². The van der Waals surface area contributed by atoms with E-state index in [1.54, 1.807) is 36.0 Å². The van der Waals surface area contributed by atoms with Gasteiger partial charge in [-0.25, -0.2) is 4.79 Å². The van der Waals surface area contributed by atoms with Crippen molar-refractivity contribution >= 4 is 53.2 Å². The van der Waals surface area contributed by atoms with Gasteiger partial charge in [0, 0.05) is 13.0 Å². The number of guanidine groups is 1. The summed E-state index contributed by atoms with van der Waals surface area (Å²) in [6.45, 7) is 0.247. The molecule has 39 heavy (non-hydrogen) atoms. The van der Waals surface area contributed by atoms with Crippen LogP contribution >= 0.6 is 23.5 Å². The largest absolute Gasteiger partial charge is 0.480 e. The summed E-state index contributed by atoms with van der Waals surface area (Å²) in [5.41, 5.74) is 17.4. The number of rotatable bonds is 19. The van der Waals surface area contributed by atoms with Gasteiger partial charge in [-0.05, 0) is 55.3 Å². The van der Waals surface area contributed by atoms with Crippen LogP contribution in [-0.4, -0.2) is 89.5 Å². The molecule has 12 nitrogen and oxygen atoms in total. The Kier molecular flexibility index (Phi) is 16.7. The highest BCUT2D eigenvalue weighted by atomic mass is 32.2. The van der Waals surface area contributed by atoms with Gasteiger partial charge < -0.3 is 38.3 Å². The molecule has 0 aliphatic heterocycles. The standard InChI is InChI=1S/C25H41N7O5S2/c1-38-13-10-17(26)21(33)30-18(9-6-12-29-25(27)28)22(34)31-19(11-14-39-2)23(35)32-20(24(36)37)15-16-7-4-3-5-8-16/h3-5,7-8,17-20H,6,9-15,26H2,1-2H3,(H,30,33)(H,31,34)(H,32,35)(H,36,37)(H4,27,28,29). The Bertz CT molecular complexity index is 948. The molecule has 3 amide bonds. The summed E-state index contributed by atoms with van der Waals surface area (Å²) in [4.78, 5) is 54.8. The van der Waals surface area contributed by atoms with Crippen LogP contribution in [0.4, 0.5) is 0 Å². The van der Waals surface area contributed by atoms with Gasteiger partial charge in [0.05, 0.1) is 6.04 Å². The quantitative estimate of drug-likeness (QED) is 0.0638. The van der Waals surface area contributed by atoms with Crippen molar-refractivity contribution in [3.8, 4) is 0 Å². The van der Waals surface area contributed by atoms with Crippen LogP contribution in [0.3, 0.4) is 0 Å². The van der Waals surface area contributed by atoms with E-state index < -0.39 is 47.9 Å². The molecule has 0 spiro atoms. The highest BCUT2D eigenvalue weighted by Crippen LogP contribution is 2.08. The molecule has 0 aromatic heterocycles. The first-order chi connectivity index (χ1) is 18.6. The minimum atomic E-state index is -1.19. The van der Waals surface area contributed by atoms with Gasteiger partial charge in [-0.3, -0.25) is 19.4 Å². The van der Waals surface area contributed by atoms with Crippen molar-refractivity contribution in [2.75, 3.05) is 30.6 Å². The van der Waals surface area contributed by atoms with Crippen molar-refractivity contribution < 1.29 is 24.3 Å². The molecule has 10 N–H and O–H groups in total. The average Bonchev–Trinajstić information content (AvgIpc) is 2.90. The van der Waals surface area contributed by atoms with Gasteiger partial charge in [-0.1, -0.05) is 30.3 Å². The molecule has 0 aliphatic rings. The third kappa shape index (κ3) is 14.1. The Morgan fingerprint density at radius 3 is 1.95 bits per heavy atom. The molecule has 1 rings (SSSR count). The average molecular weight is 584 g/mol. The molecule has 0 radical (unpaired) electrons. The van der Waals surface area contributed by atoms with Crippen molar-refractivity contribution in [3.63, 3.8) is 0 Å². The third-order valence-corrected chi connectivity index (χ3v) is 6.98. The SMILES string of the molecule is CSCCC(N)C(=O)NC(CCCN=C(N)N)C(=O)NC(CCSC)C(=O)NC(Cc1ccccc1)C(=O)O. The van der Waals surface area contributed by atoms with Gasteiger partial charge in [0.2, 0.25) is 17.7 Å². The van der Waals surface area contributed by atoms with Gasteiger partial charge in [-0.2, -0.15) is 23.5 Å². The Morgan fingerprint density at radius 2 is 1.38 bits per heavy atom. The summed E-state index contributed by atoms with van der Waals surface area (Å²) in [7, 11) is 0. The number of aliphatic imine (C=N–C) groups is 1. The molecule has 0 saturated heterocycles. The first-order valence-electron chi connectivity index (χ1n) is 12.6. The van der Waals surface area contributed by atoms with Gasteiger partial charge in [0.1, 0.15) is 18.1 Å². The maximum atomic E-state index is 13.3. The maximum Gasteiger partial charge on any atom is 0.326 e. The number of benzene rings is 1. The summed E-state index contributed by atoms with van der Waals surface area (Å²) in [6.07, 6.45) is 5.13. The minimum absolute atomic E-state index is 0.0858. The molecule has 1 aromatic rings. The van der Waals surface area contributed by atoms with Crippen LogP contribution in [0.1, 0.15) is 31.2 Å². The number of thioether (sulfide) groups is 2. The molecule has 4 unspecified atom stereocenters. The molecule has 0 aliphatic carbocycles. The number of nitrogens with two attached hydrogens (primary N) is 3. The summed E-state index contributed by atoms with van der Waals surface area (Å²) in [6, 6.07) is 4.95. The zero-order valence-electron chi connectivity index (χ0n) is 22.4. The van der Waals surface area contributed by atoms with Gasteiger partial charge >= 0.3 is 5.97 Å². The van der Waals surface area contributed by atoms with Crippen LogP contribution in [0.2, 0.25) is 0 Å². The van der Waals surface area contributed by atoms with Crippen molar-refractivity contribution in [2.24, 2.45) is 22.2 Å². The van der Waals surface area contributed by atoms with Crippen molar-refractivity contribution in [3.05, 3.63) is 35.9 Å². The molecule has 218 valence electrons. The van der Waals surface area contributed by atoms with E-state index >= 15 is 0 Å². The van der Waals surface area contributed by atoms with Crippen LogP contribution in [-0.2, 0) is 25.6 Å². The van der Waals surface area contributed by atoms with Crippen molar-refractivity contribution in [1.29, 1.82) is 0 Å². The highest BCUT2D eigenvalue weighted by molar-refractivity contribution is 7.98. The zero-order chi connectivity index (χ0) is 29.2. The molecule has 0 saturated carbocycles. The molecule has 0 fully saturated rings. The minimum Gasteiger partial charge on any atom is -0.480 e. The number of nitrogens with zero attached hydrogens (tertiary/aromatic N) is 1. The second-order valence-corrected chi connectivity index (χ2v) is 10.8. The lowest BCUT2D eigenvalue weighted by Gasteiger charge is -2.25. The first-order valence-corrected chi connectivity index (χ1v) is 15.3. The fourth-order valence-electron chi connectivity index (χ4n) is 3.53. The number of carbonyl (C=O) groups excluding carboxylic acids is 3. The van der Waals surface area contributed by atoms with E-state index in [0.717, 1.165) is 5.56 Å². The van der Waals surface area contributed by atoms with E-state index in [-0.39, 0.29) is 31.8 Å². The Balaban J connectivity index is 3.00. The number of aliphatic carboxylic acids is 1. The molecule has 0 heterocycles. The number of carboxylic acids is 1. The lowest BCUT2D eigenvalue weighted by atomic mass is 10.0. The number of nitrogens with one attached hydrogen (secondary N) is 3. The second kappa shape index (κ2) is 19.1. The van der Waals surface area contributed by atoms with E-state index in [1.165, 1.54) is 11.8 Å². The fraction of sp³-hybridized carbons (Fsp3) is 0.560. The van der Waals surface area contributed by atoms with E-state index in [1.807, 2.05) is 18.6 Å². The summed E-state index contributed by atoms with van der Waals surface area (Å²) >= 11 is 3.03. The predicted octanol–water partition coefficient (Wildman–Crippen LogP) is -0.345. The molecule has 1 aromatic carbocycles. The monoisotopic (exact) mass is 583 g/mol. The van der Waals surface area contributed by atoms with Crippen LogP contribution in [0.15, 0.2) is 35.3 Å². The Hall–Kier alpha value is -2.97. The number of amides is 3. The van der Waals surface area contributed by atoms with E-state index in [9.17, 15) is 24.3 Å². The van der Waals surface area contributed by atoms with Crippen molar-refractivity contribution in [2.45, 2.75) is 56.3 Å². The van der Waals surface area contributed by atoms with Gasteiger partial charge in [0.25, 0.3) is 0 Å². The van der Waals surface area contributed by atoms with Crippen molar-refractivity contribution in [1.82, 2.24) is 16.0 Å². The van der Waals surface area contributed by atoms with Crippen LogP contribution in [0, 0.1) is 0 Å². The zero-order valence-corrected chi connectivity index (χ0v) is 24.1. The first kappa shape index (κ1) is 34.1. The highest BCUT2D eigenvalue weighted by Gasteiger charge is 2.30. The Morgan fingerprint density at radius 1 is 0.846 bits per heavy atom. The van der Waals surface area contributed by atoms with E-state index in [0.29, 0.717) is 24.3 Å². The number of carbonyl (C=O) groups is 4. The summed E-state index contributed by atoms with van der Waals surface area (Å²) < 4.78 is 0. The number of hydrogen-bond donors (Lipinski definition) is 7. The predicted molar refractivity (Wildman–Crippen MR) is 157 cm³/mol. The van der Waals surface area contributed by atoms with Crippen LogP contribution in [0.5, 0.6) is 0 Å². The number of hydrogen-bond acceptors (Lipinski definition) is 8. The van der Waals surface area contributed by atoms with Gasteiger partial charge in [-0.15, -0.1) is 0 Å². The summed E-state index contributed by atoms with van der Waals surface area (Å²) in [5.74, 6) is -1.74. The lowest BCUT2D eigenvalue weighted by Crippen LogP contribution is -2.57. The molecule has 14 heteroatoms. The van der Waals surface area contributed by atoms with E-state index in [2.05, 4.69) is 20.9 Å². The summed E-state index contributed by atoms with van der Waals surface area (Å²) in [5, 5.41) is 17.6. The van der Waals surface area contributed by atoms with Gasteiger partial charge in [0.15, 0.2) is 5.96 Å². The van der Waals surface area contributed by atoms with Crippen LogP contribution < -0.4 is 33.2 Å². The molecule has 0 bridgehead atoms. The Labute approximate surface area is 238 Å². The fourth-order valence-corrected chi connectivity index (χ4v) is 4.49. The van der Waals surface area contributed by atoms with E-state index in [4.69, 9.17) is 17.2 Å². The maximum absolute atomic E-state index is 13.3. The molecular formula is C25H41N7O5S2. The number of carboxylic acid groups (broad SMARTS) is 1. The third-order valence-electron chi connectivity index (χ3n) is 5.69. The van der Waals surface area contributed by atoms with Crippen LogP contribution in [0.25, 0.3) is 0 Å².